The van der Waals surface area contributed by atoms with Gasteiger partial charge in [-0.05, 0) is 43.5 Å². The summed E-state index contributed by atoms with van der Waals surface area (Å²) in [5.41, 5.74) is 4.40. The maximum atomic E-state index is 11.5. The van der Waals surface area contributed by atoms with Crippen molar-refractivity contribution in [2.24, 2.45) is 0 Å². The molecule has 156 valence electrons. The highest BCUT2D eigenvalue weighted by molar-refractivity contribution is 7.97. The second-order valence-corrected chi connectivity index (χ2v) is 8.69. The normalized spacial score (nSPS) is 11.4. The van der Waals surface area contributed by atoms with E-state index in [9.17, 15) is 4.79 Å². The van der Waals surface area contributed by atoms with Gasteiger partial charge in [0.15, 0.2) is 0 Å². The Hall–Kier alpha value is -1.22. The van der Waals surface area contributed by atoms with E-state index in [2.05, 4.69) is 31.5 Å². The van der Waals surface area contributed by atoms with Crippen molar-refractivity contribution in [3.63, 3.8) is 0 Å². The van der Waals surface area contributed by atoms with E-state index in [1.54, 1.807) is 0 Å². The predicted octanol–water partition coefficient (Wildman–Crippen LogP) is 8.18. The van der Waals surface area contributed by atoms with Crippen molar-refractivity contribution < 1.29 is 4.79 Å². The lowest BCUT2D eigenvalue weighted by Gasteiger charge is -2.03. The van der Waals surface area contributed by atoms with Crippen molar-refractivity contribution in [1.82, 2.24) is 4.98 Å². The summed E-state index contributed by atoms with van der Waals surface area (Å²) in [4.78, 5) is 15.0. The molecular formula is C25H39NOS. The van der Waals surface area contributed by atoms with E-state index >= 15 is 0 Å². The predicted molar refractivity (Wildman–Crippen MR) is 126 cm³/mol. The maximum absolute atomic E-state index is 11.5. The van der Waals surface area contributed by atoms with Gasteiger partial charge in [-0.25, -0.2) is 0 Å². The van der Waals surface area contributed by atoms with Crippen molar-refractivity contribution in [3.05, 3.63) is 35.0 Å². The molecule has 28 heavy (non-hydrogen) atoms. The van der Waals surface area contributed by atoms with Gasteiger partial charge in [0.05, 0.1) is 0 Å². The second kappa shape index (κ2) is 13.1. The molecule has 3 heteroatoms. The van der Waals surface area contributed by atoms with Gasteiger partial charge in [0, 0.05) is 22.2 Å². The minimum atomic E-state index is -0.166. The molecule has 0 aliphatic heterocycles. The number of aromatic nitrogens is 1. The van der Waals surface area contributed by atoms with Gasteiger partial charge in [-0.15, -0.1) is 12.6 Å². The van der Waals surface area contributed by atoms with E-state index in [1.165, 1.54) is 94.7 Å². The van der Waals surface area contributed by atoms with Crippen LogP contribution < -0.4 is 0 Å². The number of rotatable bonds is 15. The van der Waals surface area contributed by atoms with Crippen molar-refractivity contribution in [1.29, 1.82) is 0 Å². The Morgan fingerprint density at radius 3 is 1.93 bits per heavy atom. The van der Waals surface area contributed by atoms with Gasteiger partial charge in [-0.2, -0.15) is 0 Å². The zero-order chi connectivity index (χ0) is 20.2. The molecule has 0 fully saturated rings. The van der Waals surface area contributed by atoms with Gasteiger partial charge >= 0.3 is 0 Å². The van der Waals surface area contributed by atoms with Gasteiger partial charge in [-0.1, -0.05) is 84.0 Å². The number of aryl methyl sites for hydroxylation is 2. The van der Waals surface area contributed by atoms with E-state index in [-0.39, 0.29) is 5.12 Å². The number of unbranched alkanes of at least 4 members (excludes halogenated alkanes) is 12. The first kappa shape index (κ1) is 23.1. The standard InChI is InChI=1S/C25H39NOS/c1-3-4-5-6-7-8-9-10-11-12-13-14-15-16-23-20(2)22-19-21(25(27)28)17-18-24(22)26-23/h17-19,26H,3-16H2,1-2H3,(H,27,28). The van der Waals surface area contributed by atoms with Crippen LogP contribution in [0.1, 0.15) is 112 Å². The Balaban J connectivity index is 1.56. The van der Waals surface area contributed by atoms with Crippen LogP contribution in [0.4, 0.5) is 0 Å². The Kier molecular flexibility index (Phi) is 10.8. The lowest BCUT2D eigenvalue weighted by atomic mass is 10.0. The summed E-state index contributed by atoms with van der Waals surface area (Å²) in [5.74, 6) is 0. The molecule has 0 bridgehead atoms. The number of thiol groups is 1. The monoisotopic (exact) mass is 401 g/mol. The number of H-pyrrole nitrogens is 1. The molecule has 0 radical (unpaired) electrons. The zero-order valence-electron chi connectivity index (χ0n) is 18.0. The first-order valence-corrected chi connectivity index (χ1v) is 11.9. The Morgan fingerprint density at radius 2 is 1.39 bits per heavy atom. The smallest absolute Gasteiger partial charge is 0.216 e. The summed E-state index contributed by atoms with van der Waals surface area (Å²) in [6, 6.07) is 5.81. The Morgan fingerprint density at radius 1 is 0.857 bits per heavy atom. The number of benzene rings is 1. The van der Waals surface area contributed by atoms with E-state index < -0.39 is 0 Å². The zero-order valence-corrected chi connectivity index (χ0v) is 18.9. The van der Waals surface area contributed by atoms with E-state index in [0.717, 1.165) is 17.3 Å². The molecule has 0 aliphatic carbocycles. The average molecular weight is 402 g/mol. The summed E-state index contributed by atoms with van der Waals surface area (Å²) in [7, 11) is 0. The number of aromatic amines is 1. The molecule has 2 rings (SSSR count). The lowest BCUT2D eigenvalue weighted by Crippen LogP contribution is -1.89. The number of carbonyl (C=O) groups is 1. The van der Waals surface area contributed by atoms with Gasteiger partial charge < -0.3 is 4.98 Å². The summed E-state index contributed by atoms with van der Waals surface area (Å²) in [6.07, 6.45) is 19.1. The summed E-state index contributed by atoms with van der Waals surface area (Å²) < 4.78 is 0. The highest BCUT2D eigenvalue weighted by Crippen LogP contribution is 2.25. The van der Waals surface area contributed by atoms with E-state index in [1.807, 2.05) is 18.2 Å². The number of hydrogen-bond acceptors (Lipinski definition) is 1. The molecule has 1 aromatic heterocycles. The summed E-state index contributed by atoms with van der Waals surface area (Å²) in [5, 5.41) is 0.991. The molecule has 0 aliphatic rings. The molecule has 0 atom stereocenters. The van der Waals surface area contributed by atoms with E-state index in [4.69, 9.17) is 0 Å². The van der Waals surface area contributed by atoms with Crippen LogP contribution in [0.5, 0.6) is 0 Å². The van der Waals surface area contributed by atoms with E-state index in [0.29, 0.717) is 5.56 Å². The molecular weight excluding hydrogens is 362 g/mol. The van der Waals surface area contributed by atoms with Gasteiger partial charge in [-0.3, -0.25) is 4.79 Å². The van der Waals surface area contributed by atoms with Crippen molar-refractivity contribution in [2.45, 2.75) is 104 Å². The summed E-state index contributed by atoms with van der Waals surface area (Å²) >= 11 is 3.94. The minimum Gasteiger partial charge on any atom is -0.358 e. The second-order valence-electron chi connectivity index (χ2n) is 8.29. The first-order chi connectivity index (χ1) is 13.6. The molecule has 0 amide bonds. The molecule has 0 spiro atoms. The average Bonchev–Trinajstić information content (AvgIpc) is 3.00. The molecule has 0 saturated carbocycles. The molecule has 1 N–H and O–H groups in total. The fourth-order valence-electron chi connectivity index (χ4n) is 4.08. The van der Waals surface area contributed by atoms with Crippen LogP contribution in [0.3, 0.4) is 0 Å². The van der Waals surface area contributed by atoms with Gasteiger partial charge in [0.2, 0.25) is 5.12 Å². The topological polar surface area (TPSA) is 32.9 Å². The van der Waals surface area contributed by atoms with Crippen LogP contribution in [0.2, 0.25) is 0 Å². The number of nitrogens with one attached hydrogen (secondary N) is 1. The lowest BCUT2D eigenvalue weighted by molar-refractivity contribution is 0.109. The quantitative estimate of drug-likeness (QED) is 0.229. The maximum Gasteiger partial charge on any atom is 0.216 e. The molecule has 2 aromatic rings. The fraction of sp³-hybridized carbons (Fsp3) is 0.640. The summed E-state index contributed by atoms with van der Waals surface area (Å²) in [6.45, 7) is 4.44. The third kappa shape index (κ3) is 7.66. The molecule has 1 aromatic carbocycles. The number of carbonyl (C=O) groups excluding carboxylic acids is 1. The van der Waals surface area contributed by atoms with Crippen molar-refractivity contribution >= 4 is 28.6 Å². The molecule has 1 heterocycles. The highest BCUT2D eigenvalue weighted by Gasteiger charge is 2.09. The first-order valence-electron chi connectivity index (χ1n) is 11.5. The third-order valence-electron chi connectivity index (χ3n) is 5.94. The number of fused-ring (bicyclic) bond motifs is 1. The largest absolute Gasteiger partial charge is 0.358 e. The highest BCUT2D eigenvalue weighted by atomic mass is 32.1. The van der Waals surface area contributed by atoms with Crippen LogP contribution in [0.15, 0.2) is 18.2 Å². The minimum absolute atomic E-state index is 0.166. The van der Waals surface area contributed by atoms with Gasteiger partial charge in [0.25, 0.3) is 0 Å². The fourth-order valence-corrected chi connectivity index (χ4v) is 4.22. The van der Waals surface area contributed by atoms with Crippen LogP contribution in [-0.4, -0.2) is 10.1 Å². The SMILES string of the molecule is CCCCCCCCCCCCCCCc1[nH]c2ccc(C(=O)S)cc2c1C. The van der Waals surface area contributed by atoms with Crippen LogP contribution in [0.25, 0.3) is 10.9 Å². The van der Waals surface area contributed by atoms with Crippen LogP contribution in [0, 0.1) is 6.92 Å². The molecule has 2 nitrogen and oxygen atoms in total. The Bertz CT molecular complexity index is 719. The van der Waals surface area contributed by atoms with Crippen LogP contribution >= 0.6 is 12.6 Å². The van der Waals surface area contributed by atoms with Gasteiger partial charge in [0.1, 0.15) is 0 Å². The third-order valence-corrected chi connectivity index (χ3v) is 6.20. The van der Waals surface area contributed by atoms with Crippen LogP contribution in [-0.2, 0) is 6.42 Å². The molecule has 0 unspecified atom stereocenters. The number of hydrogen-bond donors (Lipinski definition) is 2. The van der Waals surface area contributed by atoms with Crippen molar-refractivity contribution in [2.75, 3.05) is 0 Å². The Labute approximate surface area is 177 Å². The molecule has 0 saturated heterocycles. The van der Waals surface area contributed by atoms with Crippen molar-refractivity contribution in [3.8, 4) is 0 Å².